The van der Waals surface area contributed by atoms with Crippen molar-refractivity contribution in [3.63, 3.8) is 0 Å². The molecule has 0 heterocycles. The predicted molar refractivity (Wildman–Crippen MR) is 372 cm³/mol. The summed E-state index contributed by atoms with van der Waals surface area (Å²) in [5, 5.41) is 11.9. The monoisotopic (exact) mass is 1250 g/mol. The molecule has 4 amide bonds. The first-order valence-corrected chi connectivity index (χ1v) is 33.9. The fourth-order valence-corrected chi connectivity index (χ4v) is 10.4. The molecule has 0 aromatic heterocycles. The van der Waals surface area contributed by atoms with Gasteiger partial charge in [0.15, 0.2) is 23.1 Å². The van der Waals surface area contributed by atoms with E-state index in [0.717, 1.165) is 51.4 Å². The number of Topliss-reactive ketones (excluding diaryl/α,β-unsaturated/α-hetero) is 4. The number of unbranched alkanes of at least 4 members (excludes halogenated alkanes) is 2. The minimum Gasteiger partial charge on any atom is -0.346 e. The summed E-state index contributed by atoms with van der Waals surface area (Å²) in [5.41, 5.74) is 9.71. The first-order valence-electron chi connectivity index (χ1n) is 33.9. The molecule has 0 aromatic rings. The Morgan fingerprint density at radius 3 is 0.614 bits per heavy atom. The molecule has 14 heteroatoms. The van der Waals surface area contributed by atoms with Crippen LogP contribution in [0.4, 0.5) is 0 Å². The predicted octanol–water partition coefficient (Wildman–Crippen LogP) is 15.5. The summed E-state index contributed by atoms with van der Waals surface area (Å²) in [5.74, 6) is 1.16. The van der Waals surface area contributed by atoms with Crippen LogP contribution in [0.1, 0.15) is 300 Å². The van der Waals surface area contributed by atoms with E-state index in [1.54, 1.807) is 13.8 Å². The second kappa shape index (κ2) is 39.1. The number of hydrogen-bond donors (Lipinski definition) is 6. The highest BCUT2D eigenvalue weighted by atomic mass is 16.2. The van der Waals surface area contributed by atoms with Crippen molar-refractivity contribution in [1.29, 1.82) is 0 Å². The molecule has 8 N–H and O–H groups in total. The SMILES string of the molecule is CC(C)C(CC(C)(C)C)C(=O)NC(CCCCN)C(=O)C(C)(C)C.CC(C)[C@H](CC(C)(C)C)C(=O)N[C@@H](C)C(=O)C(C)(C)C.CC(C)[C@H](CC(C)(C)C)C(=O)N[C@@H](CCCCN)C(=O)C(C)(C)C.CC(NC(=O)C(CC(C)(C)C)C(C)C)C(=O)C(C)(C)C. The highest BCUT2D eigenvalue weighted by molar-refractivity contribution is 5.95. The van der Waals surface area contributed by atoms with E-state index in [1.807, 2.05) is 83.1 Å². The number of amides is 4. The largest absolute Gasteiger partial charge is 0.346 e. The van der Waals surface area contributed by atoms with E-state index in [-0.39, 0.29) is 116 Å². The Balaban J connectivity index is -0.000000537. The van der Waals surface area contributed by atoms with E-state index in [0.29, 0.717) is 25.9 Å². The van der Waals surface area contributed by atoms with E-state index in [1.165, 1.54) is 0 Å². The van der Waals surface area contributed by atoms with Gasteiger partial charge in [0.25, 0.3) is 0 Å². The molecule has 0 aliphatic heterocycles. The van der Waals surface area contributed by atoms with Crippen LogP contribution < -0.4 is 32.7 Å². The summed E-state index contributed by atoms with van der Waals surface area (Å²) in [4.78, 5) is 100. The Morgan fingerprint density at radius 1 is 0.284 bits per heavy atom. The zero-order valence-corrected chi connectivity index (χ0v) is 63.8. The van der Waals surface area contributed by atoms with Crippen LogP contribution in [0.15, 0.2) is 0 Å². The van der Waals surface area contributed by atoms with Gasteiger partial charge in [-0.3, -0.25) is 38.4 Å². The molecule has 0 saturated heterocycles. The summed E-state index contributed by atoms with van der Waals surface area (Å²) in [6, 6.07) is -1.68. The van der Waals surface area contributed by atoms with E-state index in [2.05, 4.69) is 160 Å². The average molecular weight is 1250 g/mol. The molecule has 0 radical (unpaired) electrons. The molecule has 0 rings (SSSR count). The van der Waals surface area contributed by atoms with Crippen LogP contribution in [-0.4, -0.2) is 84.0 Å². The van der Waals surface area contributed by atoms with Crippen LogP contribution >= 0.6 is 0 Å². The standard InChI is InChI=1S/2C20H40N2O2.2C17H33NO2/c2*1-14(2)15(13-19(3,4)5)18(24)22-16(11-9-10-12-21)17(23)20(6,7)8;2*1-11(2)13(10-16(4,5)6)15(20)18-12(3)14(19)17(7,8)9/h2*14-16H,9-13,21H2,1-8H3,(H,22,24);2*11-13H,10H2,1-9H3,(H,18,20)/t15-,16-;;12-,13-;/m0.0./s1. The first-order chi connectivity index (χ1) is 39.1. The Bertz CT molecular complexity index is 1940. The molecule has 88 heavy (non-hydrogen) atoms. The molecule has 0 aliphatic rings. The molecule has 0 aliphatic carbocycles. The molecular formula is C74H146N6O8. The second-order valence-electron chi connectivity index (χ2n) is 36.1. The second-order valence-corrected chi connectivity index (χ2v) is 36.1. The van der Waals surface area contributed by atoms with Gasteiger partial charge in [0.05, 0.1) is 24.2 Å². The van der Waals surface area contributed by atoms with Gasteiger partial charge in [0.2, 0.25) is 23.6 Å². The van der Waals surface area contributed by atoms with Crippen molar-refractivity contribution in [2.75, 3.05) is 13.1 Å². The van der Waals surface area contributed by atoms with Gasteiger partial charge in [-0.2, -0.15) is 0 Å². The lowest BCUT2D eigenvalue weighted by atomic mass is 9.78. The summed E-state index contributed by atoms with van der Waals surface area (Å²) >= 11 is 0. The number of nitrogens with one attached hydrogen (secondary N) is 4. The molecule has 0 fully saturated rings. The average Bonchev–Trinajstić information content (AvgIpc) is 3.32. The normalized spacial score (nSPS) is 15.5. The molecule has 0 spiro atoms. The number of rotatable bonds is 28. The van der Waals surface area contributed by atoms with Crippen molar-refractivity contribution < 1.29 is 38.4 Å². The van der Waals surface area contributed by atoms with Crippen molar-refractivity contribution in [3.8, 4) is 0 Å². The lowest BCUT2D eigenvalue weighted by molar-refractivity contribution is -0.135. The summed E-state index contributed by atoms with van der Waals surface area (Å²) < 4.78 is 0. The van der Waals surface area contributed by atoms with E-state index < -0.39 is 45.8 Å². The zero-order chi connectivity index (χ0) is 70.9. The summed E-state index contributed by atoms with van der Waals surface area (Å²) in [6.07, 6.45) is 8.08. The molecule has 520 valence electrons. The minimum atomic E-state index is -0.460. The van der Waals surface area contributed by atoms with Crippen molar-refractivity contribution in [2.45, 2.75) is 324 Å². The van der Waals surface area contributed by atoms with Crippen molar-refractivity contribution in [1.82, 2.24) is 21.3 Å². The van der Waals surface area contributed by atoms with Gasteiger partial charge in [-0.25, -0.2) is 0 Å². The number of ketones is 4. The summed E-state index contributed by atoms with van der Waals surface area (Å²) in [7, 11) is 0. The van der Waals surface area contributed by atoms with Crippen LogP contribution in [0.25, 0.3) is 0 Å². The molecule has 4 unspecified atom stereocenters. The lowest BCUT2D eigenvalue weighted by Crippen LogP contribution is -2.48. The third-order valence-electron chi connectivity index (χ3n) is 15.5. The fraction of sp³-hybridized carbons (Fsp3) is 0.892. The van der Waals surface area contributed by atoms with E-state index in [4.69, 9.17) is 11.5 Å². The van der Waals surface area contributed by atoms with Gasteiger partial charge in [-0.05, 0) is 136 Å². The Kier molecular flexibility index (Phi) is 40.4. The number of hydrogen-bond acceptors (Lipinski definition) is 10. The van der Waals surface area contributed by atoms with E-state index >= 15 is 0 Å². The van der Waals surface area contributed by atoms with Crippen LogP contribution in [0, 0.1) is 90.7 Å². The minimum absolute atomic E-state index is 0.0000231. The topological polar surface area (TPSA) is 237 Å². The highest BCUT2D eigenvalue weighted by Gasteiger charge is 2.38. The maximum atomic E-state index is 12.8. The zero-order valence-electron chi connectivity index (χ0n) is 63.8. The van der Waals surface area contributed by atoms with Gasteiger partial charge in [0, 0.05) is 45.3 Å². The van der Waals surface area contributed by atoms with Crippen LogP contribution in [0.2, 0.25) is 0 Å². The van der Waals surface area contributed by atoms with Gasteiger partial charge >= 0.3 is 0 Å². The maximum Gasteiger partial charge on any atom is 0.223 e. The number of carbonyl (C=O) groups is 8. The summed E-state index contributed by atoms with van der Waals surface area (Å²) in [6.45, 7) is 69.8. The third-order valence-corrected chi connectivity index (χ3v) is 15.5. The molecule has 0 saturated carbocycles. The molecular weight excluding hydrogens is 1100 g/mol. The van der Waals surface area contributed by atoms with Gasteiger partial charge in [-0.15, -0.1) is 0 Å². The third kappa shape index (κ3) is 41.8. The highest BCUT2D eigenvalue weighted by Crippen LogP contribution is 2.34. The van der Waals surface area contributed by atoms with Gasteiger partial charge in [-0.1, -0.05) is 222 Å². The first kappa shape index (κ1) is 90.9. The quantitative estimate of drug-likeness (QED) is 0.0405. The molecule has 0 aromatic carbocycles. The smallest absolute Gasteiger partial charge is 0.223 e. The number of nitrogens with two attached hydrogens (primary N) is 2. The Labute approximate surface area is 543 Å². The fourth-order valence-electron chi connectivity index (χ4n) is 10.4. The van der Waals surface area contributed by atoms with Crippen LogP contribution in [-0.2, 0) is 38.4 Å². The lowest BCUT2D eigenvalue weighted by Gasteiger charge is -2.31. The molecule has 8 atom stereocenters. The van der Waals surface area contributed by atoms with Crippen molar-refractivity contribution >= 4 is 46.8 Å². The van der Waals surface area contributed by atoms with Crippen LogP contribution in [0.3, 0.4) is 0 Å². The van der Waals surface area contributed by atoms with Crippen LogP contribution in [0.5, 0.6) is 0 Å². The van der Waals surface area contributed by atoms with Crippen molar-refractivity contribution in [2.24, 2.45) is 102 Å². The number of carbonyl (C=O) groups excluding carboxylic acids is 8. The maximum absolute atomic E-state index is 12.8. The Hall–Kier alpha value is -3.52. The molecule has 0 bridgehead atoms. The van der Waals surface area contributed by atoms with E-state index in [9.17, 15) is 38.4 Å². The Morgan fingerprint density at radius 2 is 0.466 bits per heavy atom. The molecule has 14 nitrogen and oxygen atoms in total. The van der Waals surface area contributed by atoms with Gasteiger partial charge < -0.3 is 32.7 Å². The van der Waals surface area contributed by atoms with Gasteiger partial charge in [0.1, 0.15) is 0 Å². The van der Waals surface area contributed by atoms with Crippen molar-refractivity contribution in [3.05, 3.63) is 0 Å².